The zero-order valence-electron chi connectivity index (χ0n) is 12.6. The molecule has 0 aliphatic heterocycles. The largest absolute Gasteiger partial charge is 0.314 e. The summed E-state index contributed by atoms with van der Waals surface area (Å²) in [6.45, 7) is 5.93. The number of rotatable bonds is 6. The number of benzene rings is 1. The Kier molecular flexibility index (Phi) is 5.91. The lowest BCUT2D eigenvalue weighted by atomic mass is 9.79. The summed E-state index contributed by atoms with van der Waals surface area (Å²) < 4.78 is 0. The van der Waals surface area contributed by atoms with Crippen molar-refractivity contribution >= 4 is 0 Å². The predicted octanol–water partition coefficient (Wildman–Crippen LogP) is 4.42. The zero-order chi connectivity index (χ0) is 13.5. The number of nitrogens with one attached hydrogen (secondary N) is 1. The summed E-state index contributed by atoms with van der Waals surface area (Å²) in [6.07, 6.45) is 8.09. The molecule has 0 radical (unpaired) electrons. The van der Waals surface area contributed by atoms with Crippen LogP contribution in [0.25, 0.3) is 0 Å². The van der Waals surface area contributed by atoms with Gasteiger partial charge in [-0.1, -0.05) is 57.0 Å². The molecule has 2 unspecified atom stereocenters. The van der Waals surface area contributed by atoms with Crippen LogP contribution in [0.1, 0.15) is 51.5 Å². The molecule has 1 nitrogen and oxygen atoms in total. The minimum absolute atomic E-state index is 0.775. The van der Waals surface area contributed by atoms with Gasteiger partial charge in [0.2, 0.25) is 0 Å². The standard InChI is InChI=1S/C18H29N/c1-15(2)17-11-6-12-18(14-17)19-13-7-10-16-8-4-3-5-9-16/h3-5,8-9,15,17-19H,6-7,10-14H2,1-2H3. The maximum atomic E-state index is 3.78. The molecule has 19 heavy (non-hydrogen) atoms. The van der Waals surface area contributed by atoms with Gasteiger partial charge in [0.15, 0.2) is 0 Å². The topological polar surface area (TPSA) is 12.0 Å². The summed E-state index contributed by atoms with van der Waals surface area (Å²) in [5.41, 5.74) is 1.47. The Morgan fingerprint density at radius 1 is 1.16 bits per heavy atom. The van der Waals surface area contributed by atoms with Crippen molar-refractivity contribution < 1.29 is 0 Å². The van der Waals surface area contributed by atoms with E-state index in [1.54, 1.807) is 0 Å². The lowest BCUT2D eigenvalue weighted by Crippen LogP contribution is -2.36. The second kappa shape index (κ2) is 7.69. The van der Waals surface area contributed by atoms with E-state index in [1.807, 2.05) is 0 Å². The van der Waals surface area contributed by atoms with Gasteiger partial charge >= 0.3 is 0 Å². The summed E-state index contributed by atoms with van der Waals surface area (Å²) in [5, 5.41) is 3.78. The first kappa shape index (κ1) is 14.6. The fraction of sp³-hybridized carbons (Fsp3) is 0.667. The van der Waals surface area contributed by atoms with Crippen molar-refractivity contribution in [3.63, 3.8) is 0 Å². The molecule has 2 rings (SSSR count). The van der Waals surface area contributed by atoms with E-state index in [-0.39, 0.29) is 0 Å². The Morgan fingerprint density at radius 2 is 1.95 bits per heavy atom. The van der Waals surface area contributed by atoms with Gasteiger partial charge in [0.05, 0.1) is 0 Å². The van der Waals surface area contributed by atoms with Crippen LogP contribution in [-0.4, -0.2) is 12.6 Å². The summed E-state index contributed by atoms with van der Waals surface area (Å²) in [6, 6.07) is 11.6. The van der Waals surface area contributed by atoms with E-state index in [2.05, 4.69) is 49.5 Å². The van der Waals surface area contributed by atoms with Crippen LogP contribution >= 0.6 is 0 Å². The van der Waals surface area contributed by atoms with E-state index >= 15 is 0 Å². The zero-order valence-corrected chi connectivity index (χ0v) is 12.6. The maximum Gasteiger partial charge on any atom is 0.00698 e. The molecule has 1 heteroatoms. The fourth-order valence-corrected chi connectivity index (χ4v) is 3.26. The average molecular weight is 259 g/mol. The molecule has 1 aliphatic rings. The van der Waals surface area contributed by atoms with Crippen molar-refractivity contribution in [2.45, 2.75) is 58.4 Å². The SMILES string of the molecule is CC(C)C1CCCC(NCCCc2ccccc2)C1. The van der Waals surface area contributed by atoms with Gasteiger partial charge in [-0.05, 0) is 49.6 Å². The summed E-state index contributed by atoms with van der Waals surface area (Å²) in [4.78, 5) is 0. The van der Waals surface area contributed by atoms with E-state index in [0.717, 1.165) is 17.9 Å². The third kappa shape index (κ3) is 4.99. The monoisotopic (exact) mass is 259 g/mol. The highest BCUT2D eigenvalue weighted by molar-refractivity contribution is 5.14. The highest BCUT2D eigenvalue weighted by atomic mass is 14.9. The Hall–Kier alpha value is -0.820. The predicted molar refractivity (Wildman–Crippen MR) is 83.3 cm³/mol. The van der Waals surface area contributed by atoms with Crippen molar-refractivity contribution in [3.8, 4) is 0 Å². The lowest BCUT2D eigenvalue weighted by molar-refractivity contribution is 0.231. The summed E-state index contributed by atoms with van der Waals surface area (Å²) >= 11 is 0. The molecule has 1 saturated carbocycles. The van der Waals surface area contributed by atoms with Gasteiger partial charge in [0, 0.05) is 6.04 Å². The van der Waals surface area contributed by atoms with Gasteiger partial charge in [0.25, 0.3) is 0 Å². The molecule has 0 bridgehead atoms. The van der Waals surface area contributed by atoms with Gasteiger partial charge in [-0.2, -0.15) is 0 Å². The van der Waals surface area contributed by atoms with E-state index < -0.39 is 0 Å². The molecule has 1 aliphatic carbocycles. The van der Waals surface area contributed by atoms with E-state index in [1.165, 1.54) is 50.6 Å². The van der Waals surface area contributed by atoms with Gasteiger partial charge in [-0.3, -0.25) is 0 Å². The van der Waals surface area contributed by atoms with Crippen LogP contribution in [-0.2, 0) is 6.42 Å². The van der Waals surface area contributed by atoms with Gasteiger partial charge in [-0.25, -0.2) is 0 Å². The van der Waals surface area contributed by atoms with Crippen LogP contribution in [0.15, 0.2) is 30.3 Å². The fourth-order valence-electron chi connectivity index (χ4n) is 3.26. The molecular formula is C18H29N. The first-order valence-electron chi connectivity index (χ1n) is 8.03. The first-order valence-corrected chi connectivity index (χ1v) is 8.03. The van der Waals surface area contributed by atoms with E-state index in [0.29, 0.717) is 0 Å². The molecule has 0 aromatic heterocycles. The van der Waals surface area contributed by atoms with Crippen LogP contribution in [0.3, 0.4) is 0 Å². The third-order valence-corrected chi connectivity index (χ3v) is 4.58. The second-order valence-corrected chi connectivity index (χ2v) is 6.41. The van der Waals surface area contributed by atoms with Crippen molar-refractivity contribution in [2.24, 2.45) is 11.8 Å². The molecule has 1 aromatic rings. The van der Waals surface area contributed by atoms with E-state index in [4.69, 9.17) is 0 Å². The van der Waals surface area contributed by atoms with E-state index in [9.17, 15) is 0 Å². The maximum absolute atomic E-state index is 3.78. The van der Waals surface area contributed by atoms with Gasteiger partial charge in [0.1, 0.15) is 0 Å². The molecule has 1 N–H and O–H groups in total. The average Bonchev–Trinajstić information content (AvgIpc) is 2.45. The molecule has 0 heterocycles. The highest BCUT2D eigenvalue weighted by Gasteiger charge is 2.23. The van der Waals surface area contributed by atoms with Crippen molar-refractivity contribution in [2.75, 3.05) is 6.54 Å². The van der Waals surface area contributed by atoms with Crippen molar-refractivity contribution in [1.82, 2.24) is 5.32 Å². The normalized spacial score (nSPS) is 23.7. The lowest BCUT2D eigenvalue weighted by Gasteiger charge is -2.32. The van der Waals surface area contributed by atoms with Crippen LogP contribution in [0.4, 0.5) is 0 Å². The smallest absolute Gasteiger partial charge is 0.00698 e. The number of hydrogen-bond donors (Lipinski definition) is 1. The molecule has 1 aromatic carbocycles. The molecule has 0 saturated heterocycles. The van der Waals surface area contributed by atoms with Crippen LogP contribution < -0.4 is 5.32 Å². The minimum Gasteiger partial charge on any atom is -0.314 e. The van der Waals surface area contributed by atoms with Crippen molar-refractivity contribution in [1.29, 1.82) is 0 Å². The van der Waals surface area contributed by atoms with Crippen LogP contribution in [0.2, 0.25) is 0 Å². The molecule has 2 atom stereocenters. The molecular weight excluding hydrogens is 230 g/mol. The third-order valence-electron chi connectivity index (χ3n) is 4.58. The van der Waals surface area contributed by atoms with Gasteiger partial charge < -0.3 is 5.32 Å². The summed E-state index contributed by atoms with van der Waals surface area (Å²) in [5.74, 6) is 1.80. The molecule has 0 amide bonds. The Morgan fingerprint density at radius 3 is 2.68 bits per heavy atom. The Balaban J connectivity index is 1.63. The van der Waals surface area contributed by atoms with Gasteiger partial charge in [-0.15, -0.1) is 0 Å². The van der Waals surface area contributed by atoms with Crippen LogP contribution in [0, 0.1) is 11.8 Å². The summed E-state index contributed by atoms with van der Waals surface area (Å²) in [7, 11) is 0. The van der Waals surface area contributed by atoms with Crippen LogP contribution in [0.5, 0.6) is 0 Å². The molecule has 0 spiro atoms. The highest BCUT2D eigenvalue weighted by Crippen LogP contribution is 2.29. The number of hydrogen-bond acceptors (Lipinski definition) is 1. The molecule has 106 valence electrons. The Labute approximate surface area is 118 Å². The minimum atomic E-state index is 0.775. The molecule has 1 fully saturated rings. The quantitative estimate of drug-likeness (QED) is 0.746. The number of aryl methyl sites for hydroxylation is 1. The van der Waals surface area contributed by atoms with Crippen molar-refractivity contribution in [3.05, 3.63) is 35.9 Å². The second-order valence-electron chi connectivity index (χ2n) is 6.41. The Bertz CT molecular complexity index is 344. The first-order chi connectivity index (χ1) is 9.25.